The average Bonchev–Trinajstić information content (AvgIpc) is 2.88. The van der Waals surface area contributed by atoms with Crippen LogP contribution in [0, 0.1) is 11.3 Å². The molecule has 0 aliphatic carbocycles. The fourth-order valence-corrected chi connectivity index (χ4v) is 3.56. The van der Waals surface area contributed by atoms with Crippen LogP contribution in [0.2, 0.25) is 0 Å². The van der Waals surface area contributed by atoms with Crippen LogP contribution in [0.3, 0.4) is 0 Å². The van der Waals surface area contributed by atoms with Crippen molar-refractivity contribution in [3.63, 3.8) is 0 Å². The standard InChI is InChI=1S/C23H27FN8O4/c1-13(34)22(35)32-6-5-20(16(24)10-32)36-19-4-3-14(7-15(19)8-25)21-28-12-29-23(31-21)30-18(9-27-2)17(26)11-33/h3-4,7,9,12-13,16,20,33-34H,5-6,10-11,26H2,1-2H3,(H,28,29,30,31)/p+1/t13-,16+,20-/m0/s1. The summed E-state index contributed by atoms with van der Waals surface area (Å²) in [4.78, 5) is 28.5. The Hall–Kier alpha value is -4.15. The number of nitrogens with one attached hydrogen (secondary N) is 2. The van der Waals surface area contributed by atoms with Gasteiger partial charge in [-0.05, 0) is 25.1 Å². The Balaban J connectivity index is 1.77. The zero-order chi connectivity index (χ0) is 26.2. The number of carbonyl (C=O) groups excluding carboxylic acids is 1. The highest BCUT2D eigenvalue weighted by Gasteiger charge is 2.34. The molecule has 1 amide bonds. The molecule has 0 bridgehead atoms. The number of hydrogen-bond donors (Lipinski definition) is 5. The number of aromatic nitrogens is 3. The molecule has 0 spiro atoms. The average molecular weight is 500 g/mol. The molecule has 3 rings (SSSR count). The quantitative estimate of drug-likeness (QED) is 0.267. The number of alkyl halides is 1. The van der Waals surface area contributed by atoms with Gasteiger partial charge in [0.15, 0.2) is 18.2 Å². The number of nitrogens with two attached hydrogens (primary N) is 1. The second kappa shape index (κ2) is 12.0. The van der Waals surface area contributed by atoms with Gasteiger partial charge in [0.2, 0.25) is 5.95 Å². The number of rotatable bonds is 8. The number of benzene rings is 1. The van der Waals surface area contributed by atoms with E-state index < -0.39 is 24.3 Å². The van der Waals surface area contributed by atoms with Crippen LogP contribution >= 0.6 is 0 Å². The second-order valence-electron chi connectivity index (χ2n) is 8.03. The van der Waals surface area contributed by atoms with Crippen molar-refractivity contribution in [3.05, 3.63) is 41.5 Å². The fraction of sp³-hybridized carbons (Fsp3) is 0.391. The summed E-state index contributed by atoms with van der Waals surface area (Å²) in [6, 6.07) is 6.73. The number of aliphatic hydroxyl groups excluding tert-OH is 2. The number of aliphatic hydroxyl groups is 2. The van der Waals surface area contributed by atoms with Gasteiger partial charge in [-0.15, -0.1) is 0 Å². The molecule has 1 aromatic carbocycles. The molecule has 3 atom stereocenters. The molecule has 13 heteroatoms. The summed E-state index contributed by atoms with van der Waals surface area (Å²) >= 11 is 0. The highest BCUT2D eigenvalue weighted by molar-refractivity contribution is 5.80. The number of halogens is 1. The number of allylic oxidation sites excluding steroid dienone is 1. The topological polar surface area (TPSA) is 184 Å². The van der Waals surface area contributed by atoms with Crippen molar-refractivity contribution in [1.82, 2.24) is 19.9 Å². The molecule has 12 nitrogen and oxygen atoms in total. The summed E-state index contributed by atoms with van der Waals surface area (Å²) in [5.74, 6) is 0.0850. The van der Waals surface area contributed by atoms with Crippen molar-refractivity contribution < 1.29 is 29.1 Å². The van der Waals surface area contributed by atoms with Crippen LogP contribution < -0.4 is 20.8 Å². The van der Waals surface area contributed by atoms with Gasteiger partial charge in [-0.3, -0.25) is 4.79 Å². The van der Waals surface area contributed by atoms with Crippen molar-refractivity contribution in [2.45, 2.75) is 31.7 Å². The molecule has 0 radical (unpaired) electrons. The van der Waals surface area contributed by atoms with Crippen LogP contribution in [0.25, 0.3) is 11.4 Å². The zero-order valence-electron chi connectivity index (χ0n) is 19.8. The van der Waals surface area contributed by atoms with Crippen LogP contribution in [-0.4, -0.2) is 87.3 Å². The van der Waals surface area contributed by atoms with Crippen molar-refractivity contribution in [2.24, 2.45) is 5.73 Å². The summed E-state index contributed by atoms with van der Waals surface area (Å²) in [7, 11) is 1.67. The maximum atomic E-state index is 14.7. The molecule has 0 saturated carbocycles. The van der Waals surface area contributed by atoms with Gasteiger partial charge >= 0.3 is 0 Å². The van der Waals surface area contributed by atoms with E-state index in [-0.39, 0.29) is 54.9 Å². The third-order valence-electron chi connectivity index (χ3n) is 5.41. The predicted molar refractivity (Wildman–Crippen MR) is 127 cm³/mol. The first-order chi connectivity index (χ1) is 17.3. The molecule has 1 aromatic heterocycles. The molecular weight excluding hydrogens is 471 g/mol. The number of amides is 1. The van der Waals surface area contributed by atoms with Crippen molar-refractivity contribution in [3.8, 4) is 23.2 Å². The lowest BCUT2D eigenvalue weighted by molar-refractivity contribution is -0.413. The third-order valence-corrected chi connectivity index (χ3v) is 5.41. The maximum absolute atomic E-state index is 14.7. The Bertz CT molecular complexity index is 1200. The minimum atomic E-state index is -1.48. The number of carbonyl (C=O) groups is 1. The Morgan fingerprint density at radius 2 is 2.28 bits per heavy atom. The van der Waals surface area contributed by atoms with E-state index in [2.05, 4.69) is 25.3 Å². The fourth-order valence-electron chi connectivity index (χ4n) is 3.56. The number of piperidine rings is 1. The summed E-state index contributed by atoms with van der Waals surface area (Å²) in [5.41, 5.74) is 7.00. The van der Waals surface area contributed by atoms with Gasteiger partial charge in [0.25, 0.3) is 5.91 Å². The number of hydrogen-bond acceptors (Lipinski definition) is 10. The van der Waals surface area contributed by atoms with Crippen molar-refractivity contribution in [1.29, 1.82) is 5.26 Å². The molecule has 6 N–H and O–H groups in total. The minimum absolute atomic E-state index is 0.158. The Morgan fingerprint density at radius 1 is 1.50 bits per heavy atom. The summed E-state index contributed by atoms with van der Waals surface area (Å²) < 4.78 is 20.5. The molecule has 2 heterocycles. The molecule has 2 aromatic rings. The molecule has 1 aliphatic rings. The highest BCUT2D eigenvalue weighted by atomic mass is 19.1. The van der Waals surface area contributed by atoms with E-state index in [9.17, 15) is 24.7 Å². The van der Waals surface area contributed by atoms with E-state index in [0.29, 0.717) is 11.3 Å². The summed E-state index contributed by atoms with van der Waals surface area (Å²) in [6.45, 7) is 1.00. The first-order valence-electron chi connectivity index (χ1n) is 11.2. The van der Waals surface area contributed by atoms with Crippen LogP contribution in [0.4, 0.5) is 10.3 Å². The number of anilines is 1. The van der Waals surface area contributed by atoms with Crippen molar-refractivity contribution >= 4 is 18.1 Å². The van der Waals surface area contributed by atoms with E-state index in [0.717, 1.165) is 0 Å². The Kier molecular flexibility index (Phi) is 8.82. The van der Waals surface area contributed by atoms with Gasteiger partial charge < -0.3 is 30.9 Å². The maximum Gasteiger partial charge on any atom is 0.251 e. The van der Waals surface area contributed by atoms with Crippen LogP contribution in [0.15, 0.2) is 35.9 Å². The second-order valence-corrected chi connectivity index (χ2v) is 8.03. The zero-order valence-corrected chi connectivity index (χ0v) is 19.8. The molecule has 1 fully saturated rings. The molecule has 1 saturated heterocycles. The van der Waals surface area contributed by atoms with Crippen LogP contribution in [-0.2, 0) is 4.79 Å². The predicted octanol–water partition coefficient (Wildman–Crippen LogP) is -1.54. The smallest absolute Gasteiger partial charge is 0.251 e. The van der Waals surface area contributed by atoms with Gasteiger partial charge in [0, 0.05) is 18.5 Å². The molecule has 0 unspecified atom stereocenters. The third kappa shape index (κ3) is 6.29. The van der Waals surface area contributed by atoms with E-state index in [1.54, 1.807) is 13.1 Å². The monoisotopic (exact) mass is 499 g/mol. The minimum Gasteiger partial charge on any atom is -0.486 e. The molecule has 36 heavy (non-hydrogen) atoms. The van der Waals surface area contributed by atoms with Crippen LogP contribution in [0.1, 0.15) is 18.9 Å². The van der Waals surface area contributed by atoms with Gasteiger partial charge in [0.05, 0.1) is 24.4 Å². The number of likely N-dealkylation sites (tertiary alicyclic amines) is 1. The van der Waals surface area contributed by atoms with Gasteiger partial charge in [0.1, 0.15) is 43.1 Å². The number of nitriles is 1. The Labute approximate surface area is 207 Å². The SMILES string of the molecule is C[NH+]=CC(Nc1ncnc(-c2ccc(O[C@H]3CCN(C(=O)[C@H](C)O)C[C@H]3F)c(C#N)c2)n1)=C(N)CO. The first-order valence-corrected chi connectivity index (χ1v) is 11.2. The summed E-state index contributed by atoms with van der Waals surface area (Å²) in [5, 5.41) is 31.3. The highest BCUT2D eigenvalue weighted by Crippen LogP contribution is 2.28. The van der Waals surface area contributed by atoms with E-state index in [4.69, 9.17) is 10.5 Å². The van der Waals surface area contributed by atoms with E-state index >= 15 is 0 Å². The molecule has 190 valence electrons. The molecular formula is C23H28FN8O4+. The lowest BCUT2D eigenvalue weighted by atomic mass is 10.0. The van der Waals surface area contributed by atoms with Gasteiger partial charge in [-0.25, -0.2) is 19.4 Å². The number of ether oxygens (including phenoxy) is 1. The lowest BCUT2D eigenvalue weighted by Crippen LogP contribution is -2.63. The van der Waals surface area contributed by atoms with Crippen LogP contribution in [0.5, 0.6) is 5.75 Å². The van der Waals surface area contributed by atoms with Gasteiger partial charge in [-0.2, -0.15) is 10.2 Å². The summed E-state index contributed by atoms with van der Waals surface area (Å²) in [6.07, 6.45) is -0.492. The van der Waals surface area contributed by atoms with E-state index in [1.165, 1.54) is 36.5 Å². The normalized spacial score (nSPS) is 19.4. The van der Waals surface area contributed by atoms with Gasteiger partial charge in [-0.1, -0.05) is 0 Å². The molecule has 1 aliphatic heterocycles. The Morgan fingerprint density at radius 3 is 2.92 bits per heavy atom. The van der Waals surface area contributed by atoms with Crippen molar-refractivity contribution in [2.75, 3.05) is 32.1 Å². The largest absolute Gasteiger partial charge is 0.486 e. The number of nitrogens with zero attached hydrogens (tertiary/aromatic N) is 5. The lowest BCUT2D eigenvalue weighted by Gasteiger charge is -2.35. The first kappa shape index (κ1) is 26.5. The van der Waals surface area contributed by atoms with E-state index in [1.807, 2.05) is 6.07 Å².